The molecule has 1 saturated heterocycles. The summed E-state index contributed by atoms with van der Waals surface area (Å²) in [4.78, 5) is 18.0. The highest BCUT2D eigenvalue weighted by Gasteiger charge is 2.25. The van der Waals surface area contributed by atoms with Gasteiger partial charge in [0.2, 0.25) is 5.89 Å². The maximum Gasteiger partial charge on any atom is 0.295 e. The minimum Gasteiger partial charge on any atom is -0.464 e. The number of aromatic nitrogens is 2. The van der Waals surface area contributed by atoms with Gasteiger partial charge in [-0.05, 0) is 38.4 Å². The lowest BCUT2D eigenvalue weighted by Gasteiger charge is -2.12. The van der Waals surface area contributed by atoms with Gasteiger partial charge >= 0.3 is 0 Å². The van der Waals surface area contributed by atoms with Gasteiger partial charge in [0.25, 0.3) is 11.7 Å². The van der Waals surface area contributed by atoms with E-state index in [1.165, 1.54) is 4.90 Å². The van der Waals surface area contributed by atoms with Crippen LogP contribution in [0.5, 0.6) is 0 Å². The van der Waals surface area contributed by atoms with Crippen LogP contribution in [0.1, 0.15) is 46.9 Å². The first-order chi connectivity index (χ1) is 10.1. The third kappa shape index (κ3) is 2.97. The van der Waals surface area contributed by atoms with Crippen LogP contribution < -0.4 is 5.32 Å². The van der Waals surface area contributed by atoms with Crippen molar-refractivity contribution in [2.45, 2.75) is 32.4 Å². The molecule has 1 fully saturated rings. The lowest BCUT2D eigenvalue weighted by molar-refractivity contribution is 0.0759. The molecule has 3 heterocycles. The summed E-state index contributed by atoms with van der Waals surface area (Å²) in [7, 11) is 1.68. The molecule has 0 radical (unpaired) electrons. The molecule has 1 amide bonds. The number of amides is 1. The number of hydrogen-bond donors (Lipinski definition) is 1. The Bertz CT molecular complexity index is 628. The maximum atomic E-state index is 12.3. The van der Waals surface area contributed by atoms with E-state index in [1.54, 1.807) is 7.05 Å². The maximum absolute atomic E-state index is 12.3. The molecule has 1 N–H and O–H groups in total. The second kappa shape index (κ2) is 5.69. The standard InChI is InChI=1S/C14H18N4O3/c1-9-5-6-10(20-9)8-18(2)14(19)12-16-13(21-17-12)11-4-3-7-15-11/h5-6,11,15H,3-4,7-8H2,1-2H3. The molecular formula is C14H18N4O3. The molecule has 2 aromatic heterocycles. The first kappa shape index (κ1) is 13.8. The van der Waals surface area contributed by atoms with E-state index in [4.69, 9.17) is 8.94 Å². The molecule has 7 heteroatoms. The predicted molar refractivity (Wildman–Crippen MR) is 73.5 cm³/mol. The second-order valence-corrected chi connectivity index (χ2v) is 5.28. The van der Waals surface area contributed by atoms with Gasteiger partial charge in [-0.3, -0.25) is 4.79 Å². The largest absolute Gasteiger partial charge is 0.464 e. The van der Waals surface area contributed by atoms with E-state index in [1.807, 2.05) is 19.1 Å². The number of aryl methyl sites for hydroxylation is 1. The van der Waals surface area contributed by atoms with Crippen LogP contribution in [0.2, 0.25) is 0 Å². The number of furan rings is 1. The quantitative estimate of drug-likeness (QED) is 0.922. The van der Waals surface area contributed by atoms with Gasteiger partial charge in [-0.1, -0.05) is 5.16 Å². The Morgan fingerprint density at radius 3 is 3.05 bits per heavy atom. The monoisotopic (exact) mass is 290 g/mol. The fourth-order valence-corrected chi connectivity index (χ4v) is 2.41. The molecule has 1 atom stereocenters. The summed E-state index contributed by atoms with van der Waals surface area (Å²) in [5.74, 6) is 1.84. The third-order valence-electron chi connectivity index (χ3n) is 3.53. The van der Waals surface area contributed by atoms with E-state index in [-0.39, 0.29) is 17.8 Å². The zero-order valence-electron chi connectivity index (χ0n) is 12.1. The number of nitrogens with one attached hydrogen (secondary N) is 1. The number of hydrogen-bond acceptors (Lipinski definition) is 6. The molecular weight excluding hydrogens is 272 g/mol. The molecule has 1 aliphatic heterocycles. The summed E-state index contributed by atoms with van der Waals surface area (Å²) >= 11 is 0. The first-order valence-corrected chi connectivity index (χ1v) is 7.01. The SMILES string of the molecule is Cc1ccc(CN(C)C(=O)c2noc(C3CCCN3)n2)o1. The van der Waals surface area contributed by atoms with Crippen LogP contribution in [0.15, 0.2) is 21.1 Å². The highest BCUT2D eigenvalue weighted by molar-refractivity contribution is 5.90. The molecule has 0 spiro atoms. The average molecular weight is 290 g/mol. The predicted octanol–water partition coefficient (Wildman–Crippen LogP) is 1.67. The van der Waals surface area contributed by atoms with Crippen molar-refractivity contribution in [3.8, 4) is 0 Å². The van der Waals surface area contributed by atoms with E-state index in [0.29, 0.717) is 12.4 Å². The lowest BCUT2D eigenvalue weighted by atomic mass is 10.2. The normalized spacial score (nSPS) is 18.1. The summed E-state index contributed by atoms with van der Waals surface area (Å²) in [6, 6.07) is 3.78. The van der Waals surface area contributed by atoms with E-state index >= 15 is 0 Å². The summed E-state index contributed by atoms with van der Waals surface area (Å²) in [5, 5.41) is 7.04. The van der Waals surface area contributed by atoms with E-state index in [9.17, 15) is 4.79 Å². The van der Waals surface area contributed by atoms with Crippen molar-refractivity contribution in [2.24, 2.45) is 0 Å². The minimum absolute atomic E-state index is 0.0667. The Kier molecular flexibility index (Phi) is 3.74. The fraction of sp³-hybridized carbons (Fsp3) is 0.500. The van der Waals surface area contributed by atoms with Crippen LogP contribution in [0, 0.1) is 6.92 Å². The number of carbonyl (C=O) groups is 1. The molecule has 1 aliphatic rings. The second-order valence-electron chi connectivity index (χ2n) is 5.28. The van der Waals surface area contributed by atoms with Gasteiger partial charge in [-0.2, -0.15) is 4.98 Å². The van der Waals surface area contributed by atoms with Crippen LogP contribution >= 0.6 is 0 Å². The summed E-state index contributed by atoms with van der Waals surface area (Å²) < 4.78 is 10.6. The van der Waals surface area contributed by atoms with Crippen LogP contribution in [0.25, 0.3) is 0 Å². The summed E-state index contributed by atoms with van der Waals surface area (Å²) in [6.45, 7) is 3.18. The van der Waals surface area contributed by atoms with Crippen molar-refractivity contribution in [3.05, 3.63) is 35.4 Å². The van der Waals surface area contributed by atoms with Gasteiger partial charge in [0.1, 0.15) is 11.5 Å². The van der Waals surface area contributed by atoms with E-state index < -0.39 is 0 Å². The zero-order valence-corrected chi connectivity index (χ0v) is 12.1. The van der Waals surface area contributed by atoms with Gasteiger partial charge in [0.15, 0.2) is 0 Å². The van der Waals surface area contributed by atoms with Crippen LogP contribution in [0.3, 0.4) is 0 Å². The molecule has 0 bridgehead atoms. The number of rotatable bonds is 4. The molecule has 0 aliphatic carbocycles. The Morgan fingerprint density at radius 2 is 2.38 bits per heavy atom. The van der Waals surface area contributed by atoms with Crippen molar-refractivity contribution in [1.29, 1.82) is 0 Å². The average Bonchev–Trinajstić information content (AvgIpc) is 3.18. The third-order valence-corrected chi connectivity index (χ3v) is 3.53. The highest BCUT2D eigenvalue weighted by Crippen LogP contribution is 2.21. The topological polar surface area (TPSA) is 84.4 Å². The van der Waals surface area contributed by atoms with Gasteiger partial charge < -0.3 is 19.2 Å². The Labute approximate surface area is 122 Å². The lowest BCUT2D eigenvalue weighted by Crippen LogP contribution is -2.27. The Morgan fingerprint density at radius 1 is 1.52 bits per heavy atom. The number of nitrogens with zero attached hydrogens (tertiary/aromatic N) is 3. The number of carbonyl (C=O) groups excluding carboxylic acids is 1. The van der Waals surface area contributed by atoms with E-state index in [0.717, 1.165) is 30.9 Å². The van der Waals surface area contributed by atoms with Gasteiger partial charge in [-0.15, -0.1) is 0 Å². The van der Waals surface area contributed by atoms with Crippen LogP contribution in [-0.2, 0) is 6.54 Å². The summed E-state index contributed by atoms with van der Waals surface area (Å²) in [5.41, 5.74) is 0. The Balaban J connectivity index is 1.66. The summed E-state index contributed by atoms with van der Waals surface area (Å²) in [6.07, 6.45) is 2.03. The fourth-order valence-electron chi connectivity index (χ4n) is 2.41. The first-order valence-electron chi connectivity index (χ1n) is 7.01. The molecule has 1 unspecified atom stereocenters. The molecule has 0 aromatic carbocycles. The molecule has 3 rings (SSSR count). The van der Waals surface area contributed by atoms with Crippen molar-refractivity contribution >= 4 is 5.91 Å². The molecule has 7 nitrogen and oxygen atoms in total. The molecule has 0 saturated carbocycles. The van der Waals surface area contributed by atoms with Crippen molar-refractivity contribution in [2.75, 3.05) is 13.6 Å². The van der Waals surface area contributed by atoms with Crippen molar-refractivity contribution in [3.63, 3.8) is 0 Å². The van der Waals surface area contributed by atoms with Gasteiger partial charge in [-0.25, -0.2) is 0 Å². The van der Waals surface area contributed by atoms with E-state index in [2.05, 4.69) is 15.5 Å². The van der Waals surface area contributed by atoms with Crippen molar-refractivity contribution < 1.29 is 13.7 Å². The van der Waals surface area contributed by atoms with Gasteiger partial charge in [0.05, 0.1) is 12.6 Å². The van der Waals surface area contributed by atoms with Crippen LogP contribution in [0.4, 0.5) is 0 Å². The smallest absolute Gasteiger partial charge is 0.295 e. The van der Waals surface area contributed by atoms with Crippen molar-refractivity contribution in [1.82, 2.24) is 20.4 Å². The molecule has 112 valence electrons. The molecule has 21 heavy (non-hydrogen) atoms. The Hall–Kier alpha value is -2.15. The van der Waals surface area contributed by atoms with Gasteiger partial charge in [0, 0.05) is 7.05 Å². The van der Waals surface area contributed by atoms with Crippen LogP contribution in [-0.4, -0.2) is 34.5 Å². The zero-order chi connectivity index (χ0) is 14.8. The minimum atomic E-state index is -0.281. The highest BCUT2D eigenvalue weighted by atomic mass is 16.5. The molecule has 2 aromatic rings.